The minimum Gasteiger partial charge on any atom is -0.491 e. The molecule has 0 bridgehead atoms. The molecule has 1 aromatic heterocycles. The number of hydrogen-bond acceptors (Lipinski definition) is 3. The van der Waals surface area contributed by atoms with E-state index in [1.165, 1.54) is 5.56 Å². The third-order valence-corrected chi connectivity index (χ3v) is 3.13. The van der Waals surface area contributed by atoms with Gasteiger partial charge < -0.3 is 10.1 Å². The van der Waals surface area contributed by atoms with E-state index in [1.807, 2.05) is 26.0 Å². The van der Waals surface area contributed by atoms with Crippen LogP contribution in [0.15, 0.2) is 24.3 Å². The molecule has 2 aromatic rings. The molecule has 0 aliphatic rings. The van der Waals surface area contributed by atoms with Gasteiger partial charge in [0.15, 0.2) is 0 Å². The molecule has 1 aromatic carbocycles. The Hall–Kier alpha value is -1.81. The molecule has 4 nitrogen and oxygen atoms in total. The van der Waals surface area contributed by atoms with Crippen LogP contribution in [0.1, 0.15) is 32.0 Å². The van der Waals surface area contributed by atoms with E-state index in [1.54, 1.807) is 0 Å². The number of aromatic nitrogens is 2. The molecule has 0 unspecified atom stereocenters. The Morgan fingerprint density at radius 1 is 1.25 bits per heavy atom. The van der Waals surface area contributed by atoms with E-state index >= 15 is 0 Å². The smallest absolute Gasteiger partial charge is 0.119 e. The van der Waals surface area contributed by atoms with Crippen LogP contribution >= 0.6 is 0 Å². The number of ether oxygens (including phenoxy) is 1. The Morgan fingerprint density at radius 3 is 2.55 bits per heavy atom. The van der Waals surface area contributed by atoms with E-state index in [0.29, 0.717) is 0 Å². The lowest BCUT2D eigenvalue weighted by molar-refractivity contribution is 0.242. The molecule has 2 rings (SSSR count). The van der Waals surface area contributed by atoms with Gasteiger partial charge in [-0.3, -0.25) is 5.10 Å². The van der Waals surface area contributed by atoms with Crippen LogP contribution in [0.3, 0.4) is 0 Å². The van der Waals surface area contributed by atoms with Crippen LogP contribution < -0.4 is 10.1 Å². The van der Waals surface area contributed by atoms with Crippen LogP contribution in [0, 0.1) is 6.92 Å². The summed E-state index contributed by atoms with van der Waals surface area (Å²) in [6, 6.07) is 8.11. The SMILES string of the molecule is CCNCc1c(-c2ccc(OC(C)C)cc2)n[nH]c1C. The Balaban J connectivity index is 2.23. The van der Waals surface area contributed by atoms with Crippen molar-refractivity contribution in [1.82, 2.24) is 15.5 Å². The van der Waals surface area contributed by atoms with Gasteiger partial charge in [0.2, 0.25) is 0 Å². The summed E-state index contributed by atoms with van der Waals surface area (Å²) in [7, 11) is 0. The lowest BCUT2D eigenvalue weighted by Gasteiger charge is -2.10. The second-order valence-electron chi connectivity index (χ2n) is 5.15. The standard InChI is InChI=1S/C16H23N3O/c1-5-17-10-15-12(4)18-19-16(15)13-6-8-14(9-7-13)20-11(2)3/h6-9,11,17H,5,10H2,1-4H3,(H,18,19). The molecule has 4 heteroatoms. The van der Waals surface area contributed by atoms with Crippen LogP contribution in [0.25, 0.3) is 11.3 Å². The minimum atomic E-state index is 0.192. The number of nitrogens with one attached hydrogen (secondary N) is 2. The van der Waals surface area contributed by atoms with Gasteiger partial charge in [-0.2, -0.15) is 5.10 Å². The Bertz CT molecular complexity index is 543. The lowest BCUT2D eigenvalue weighted by Crippen LogP contribution is -2.12. The van der Waals surface area contributed by atoms with Gasteiger partial charge in [-0.25, -0.2) is 0 Å². The van der Waals surface area contributed by atoms with E-state index in [0.717, 1.165) is 35.8 Å². The van der Waals surface area contributed by atoms with Gasteiger partial charge in [0.1, 0.15) is 5.75 Å². The highest BCUT2D eigenvalue weighted by Gasteiger charge is 2.11. The topological polar surface area (TPSA) is 49.9 Å². The molecule has 0 saturated heterocycles. The van der Waals surface area contributed by atoms with Crippen molar-refractivity contribution in [2.45, 2.75) is 40.3 Å². The summed E-state index contributed by atoms with van der Waals surface area (Å²) < 4.78 is 5.66. The maximum atomic E-state index is 5.66. The van der Waals surface area contributed by atoms with Gasteiger partial charge >= 0.3 is 0 Å². The summed E-state index contributed by atoms with van der Waals surface area (Å²) in [6.07, 6.45) is 0.192. The highest BCUT2D eigenvalue weighted by atomic mass is 16.5. The number of benzene rings is 1. The lowest BCUT2D eigenvalue weighted by atomic mass is 10.1. The molecule has 0 saturated carbocycles. The molecule has 20 heavy (non-hydrogen) atoms. The first-order valence-corrected chi connectivity index (χ1v) is 7.13. The highest BCUT2D eigenvalue weighted by molar-refractivity contribution is 5.64. The fourth-order valence-electron chi connectivity index (χ4n) is 2.12. The van der Waals surface area contributed by atoms with E-state index in [-0.39, 0.29) is 6.10 Å². The predicted molar refractivity (Wildman–Crippen MR) is 81.9 cm³/mol. The maximum Gasteiger partial charge on any atom is 0.119 e. The molecule has 2 N–H and O–H groups in total. The average Bonchev–Trinajstić information content (AvgIpc) is 2.78. The van der Waals surface area contributed by atoms with Crippen molar-refractivity contribution in [3.63, 3.8) is 0 Å². The number of rotatable bonds is 6. The van der Waals surface area contributed by atoms with Crippen molar-refractivity contribution in [3.05, 3.63) is 35.5 Å². The number of nitrogens with zero attached hydrogens (tertiary/aromatic N) is 1. The Morgan fingerprint density at radius 2 is 1.95 bits per heavy atom. The van der Waals surface area contributed by atoms with Crippen molar-refractivity contribution in [2.24, 2.45) is 0 Å². The number of aromatic amines is 1. The molecule has 0 spiro atoms. The van der Waals surface area contributed by atoms with E-state index < -0.39 is 0 Å². The fraction of sp³-hybridized carbons (Fsp3) is 0.438. The minimum absolute atomic E-state index is 0.192. The second-order valence-corrected chi connectivity index (χ2v) is 5.15. The Kier molecular flexibility index (Phi) is 4.79. The summed E-state index contributed by atoms with van der Waals surface area (Å²) >= 11 is 0. The molecular weight excluding hydrogens is 250 g/mol. The summed E-state index contributed by atoms with van der Waals surface area (Å²) in [5.41, 5.74) is 4.46. The molecular formula is C16H23N3O. The van der Waals surface area contributed by atoms with Crippen molar-refractivity contribution in [1.29, 1.82) is 0 Å². The zero-order valence-corrected chi connectivity index (χ0v) is 12.7. The molecule has 0 amide bonds. The van der Waals surface area contributed by atoms with Gasteiger partial charge in [-0.15, -0.1) is 0 Å². The quantitative estimate of drug-likeness (QED) is 0.849. The molecule has 0 aliphatic carbocycles. The fourth-order valence-corrected chi connectivity index (χ4v) is 2.12. The van der Waals surface area contributed by atoms with Crippen LogP contribution in [-0.2, 0) is 6.54 Å². The second kappa shape index (κ2) is 6.57. The van der Waals surface area contributed by atoms with Crippen LogP contribution in [0.4, 0.5) is 0 Å². The first-order chi connectivity index (χ1) is 9.61. The molecule has 0 aliphatic heterocycles. The third kappa shape index (κ3) is 3.39. The monoisotopic (exact) mass is 273 g/mol. The summed E-state index contributed by atoms with van der Waals surface area (Å²) in [5.74, 6) is 0.893. The molecule has 0 fully saturated rings. The van der Waals surface area contributed by atoms with Crippen molar-refractivity contribution in [3.8, 4) is 17.0 Å². The van der Waals surface area contributed by atoms with Crippen LogP contribution in [-0.4, -0.2) is 22.8 Å². The Labute approximate surface area is 120 Å². The van der Waals surface area contributed by atoms with Crippen LogP contribution in [0.5, 0.6) is 5.75 Å². The van der Waals surface area contributed by atoms with E-state index in [2.05, 4.69) is 41.5 Å². The van der Waals surface area contributed by atoms with Crippen molar-refractivity contribution in [2.75, 3.05) is 6.54 Å². The zero-order valence-electron chi connectivity index (χ0n) is 12.7. The highest BCUT2D eigenvalue weighted by Crippen LogP contribution is 2.26. The van der Waals surface area contributed by atoms with E-state index in [4.69, 9.17) is 4.74 Å². The van der Waals surface area contributed by atoms with Crippen molar-refractivity contribution >= 4 is 0 Å². The molecule has 0 atom stereocenters. The zero-order chi connectivity index (χ0) is 14.5. The van der Waals surface area contributed by atoms with Gasteiger partial charge in [0, 0.05) is 23.4 Å². The molecule has 1 heterocycles. The first-order valence-electron chi connectivity index (χ1n) is 7.13. The normalized spacial score (nSPS) is 11.1. The van der Waals surface area contributed by atoms with Crippen LogP contribution in [0.2, 0.25) is 0 Å². The van der Waals surface area contributed by atoms with Gasteiger partial charge in [0.25, 0.3) is 0 Å². The summed E-state index contributed by atoms with van der Waals surface area (Å²) in [6.45, 7) is 10.00. The molecule has 0 radical (unpaired) electrons. The number of hydrogen-bond donors (Lipinski definition) is 2. The largest absolute Gasteiger partial charge is 0.491 e. The average molecular weight is 273 g/mol. The number of H-pyrrole nitrogens is 1. The van der Waals surface area contributed by atoms with Gasteiger partial charge in [-0.1, -0.05) is 6.92 Å². The van der Waals surface area contributed by atoms with Gasteiger partial charge in [-0.05, 0) is 51.6 Å². The predicted octanol–water partition coefficient (Wildman–Crippen LogP) is 3.28. The summed E-state index contributed by atoms with van der Waals surface area (Å²) in [5, 5.41) is 10.8. The third-order valence-electron chi connectivity index (χ3n) is 3.13. The maximum absolute atomic E-state index is 5.66. The van der Waals surface area contributed by atoms with Gasteiger partial charge in [0.05, 0.1) is 11.8 Å². The number of aryl methyl sites for hydroxylation is 1. The van der Waals surface area contributed by atoms with E-state index in [9.17, 15) is 0 Å². The molecule has 108 valence electrons. The van der Waals surface area contributed by atoms with Crippen molar-refractivity contribution < 1.29 is 4.74 Å². The summed E-state index contributed by atoms with van der Waals surface area (Å²) in [4.78, 5) is 0. The first kappa shape index (κ1) is 14.6.